The molecule has 0 fully saturated rings. The summed E-state index contributed by atoms with van der Waals surface area (Å²) in [5.74, 6) is 0.0147. The minimum absolute atomic E-state index is 0.0147. The van der Waals surface area contributed by atoms with Gasteiger partial charge in [0.1, 0.15) is 0 Å². The summed E-state index contributed by atoms with van der Waals surface area (Å²) in [6.45, 7) is 5.37. The highest BCUT2D eigenvalue weighted by atomic mass is 16.3. The van der Waals surface area contributed by atoms with E-state index in [9.17, 15) is 4.79 Å². The molecule has 2 rings (SSSR count). The van der Waals surface area contributed by atoms with Gasteiger partial charge in [-0.25, -0.2) is 0 Å². The number of hydrogen-bond donors (Lipinski definition) is 2. The summed E-state index contributed by atoms with van der Waals surface area (Å²) >= 11 is 0. The van der Waals surface area contributed by atoms with Gasteiger partial charge in [-0.1, -0.05) is 30.3 Å². The quantitative estimate of drug-likeness (QED) is 0.723. The van der Waals surface area contributed by atoms with Crippen LogP contribution >= 0.6 is 0 Å². The van der Waals surface area contributed by atoms with Crippen molar-refractivity contribution in [2.75, 3.05) is 26.2 Å². The van der Waals surface area contributed by atoms with Gasteiger partial charge in [0.25, 0.3) is 0 Å². The second-order valence-corrected chi connectivity index (χ2v) is 5.75. The Morgan fingerprint density at radius 2 is 2.27 bits per heavy atom. The van der Waals surface area contributed by atoms with Crippen molar-refractivity contribution in [3.63, 3.8) is 0 Å². The van der Waals surface area contributed by atoms with Gasteiger partial charge in [0, 0.05) is 25.7 Å². The molecule has 0 saturated carbocycles. The number of aryl methyl sites for hydroxylation is 1. The Morgan fingerprint density at radius 1 is 1.45 bits per heavy atom. The number of nitrogens with one attached hydrogen (secondary N) is 1. The Balaban J connectivity index is 2.11. The van der Waals surface area contributed by atoms with Gasteiger partial charge in [0.05, 0.1) is 6.54 Å². The van der Waals surface area contributed by atoms with Crippen molar-refractivity contribution >= 4 is 5.91 Å². The topological polar surface area (TPSA) is 52.6 Å². The molecule has 4 heteroatoms. The zero-order chi connectivity index (χ0) is 15.8. The second-order valence-electron chi connectivity index (χ2n) is 5.75. The van der Waals surface area contributed by atoms with Gasteiger partial charge >= 0.3 is 0 Å². The van der Waals surface area contributed by atoms with Gasteiger partial charge in [-0.3, -0.25) is 9.69 Å². The Kier molecular flexibility index (Phi) is 6.62. The molecule has 0 saturated heterocycles. The standard InChI is InChI=1S/C18H26N2O2/c1-2-11-19-18(22)14-20(12-6-13-21)17-10-5-8-15-7-3-4-9-16(15)17/h2-4,7,9,17,21H,1,5-6,8,10-14H2,(H,19,22). The van der Waals surface area contributed by atoms with Crippen LogP contribution in [0.4, 0.5) is 0 Å². The molecule has 120 valence electrons. The predicted octanol–water partition coefficient (Wildman–Crippen LogP) is 2.05. The van der Waals surface area contributed by atoms with Crippen LogP contribution in [0, 0.1) is 0 Å². The van der Waals surface area contributed by atoms with Crippen LogP contribution < -0.4 is 5.32 Å². The van der Waals surface area contributed by atoms with Crippen LogP contribution in [-0.2, 0) is 11.2 Å². The lowest BCUT2D eigenvalue weighted by Gasteiger charge is -2.35. The van der Waals surface area contributed by atoms with Gasteiger partial charge < -0.3 is 10.4 Å². The van der Waals surface area contributed by atoms with E-state index in [-0.39, 0.29) is 18.6 Å². The first-order chi connectivity index (χ1) is 10.8. The van der Waals surface area contributed by atoms with E-state index in [0.717, 1.165) is 25.8 Å². The van der Waals surface area contributed by atoms with E-state index >= 15 is 0 Å². The lowest BCUT2D eigenvalue weighted by Crippen LogP contribution is -2.41. The summed E-state index contributed by atoms with van der Waals surface area (Å²) in [6, 6.07) is 8.77. The van der Waals surface area contributed by atoms with Crippen LogP contribution in [0.2, 0.25) is 0 Å². The molecule has 1 aromatic rings. The third-order valence-electron chi connectivity index (χ3n) is 4.17. The summed E-state index contributed by atoms with van der Waals surface area (Å²) in [4.78, 5) is 14.3. The number of hydrogen-bond acceptors (Lipinski definition) is 3. The molecule has 4 nitrogen and oxygen atoms in total. The van der Waals surface area contributed by atoms with Gasteiger partial charge in [0.15, 0.2) is 0 Å². The van der Waals surface area contributed by atoms with E-state index in [1.165, 1.54) is 11.1 Å². The third-order valence-corrected chi connectivity index (χ3v) is 4.17. The van der Waals surface area contributed by atoms with E-state index < -0.39 is 0 Å². The Labute approximate surface area is 132 Å². The number of carbonyl (C=O) groups is 1. The lowest BCUT2D eigenvalue weighted by molar-refractivity contribution is -0.122. The van der Waals surface area contributed by atoms with E-state index in [2.05, 4.69) is 41.1 Å². The molecule has 0 aromatic heterocycles. The van der Waals surface area contributed by atoms with E-state index in [4.69, 9.17) is 5.11 Å². The number of benzene rings is 1. The minimum atomic E-state index is 0.0147. The van der Waals surface area contributed by atoms with Crippen molar-refractivity contribution < 1.29 is 9.90 Å². The number of nitrogens with zero attached hydrogens (tertiary/aromatic N) is 1. The number of aliphatic hydroxyl groups is 1. The zero-order valence-corrected chi connectivity index (χ0v) is 13.1. The van der Waals surface area contributed by atoms with Crippen molar-refractivity contribution in [2.24, 2.45) is 0 Å². The molecule has 0 aliphatic heterocycles. The minimum Gasteiger partial charge on any atom is -0.396 e. The van der Waals surface area contributed by atoms with Crippen molar-refractivity contribution in [1.82, 2.24) is 10.2 Å². The van der Waals surface area contributed by atoms with Crippen molar-refractivity contribution in [2.45, 2.75) is 31.7 Å². The first-order valence-electron chi connectivity index (χ1n) is 8.06. The first-order valence-corrected chi connectivity index (χ1v) is 8.06. The van der Waals surface area contributed by atoms with Crippen LogP contribution in [0.15, 0.2) is 36.9 Å². The van der Waals surface area contributed by atoms with E-state index in [1.54, 1.807) is 6.08 Å². The molecular weight excluding hydrogens is 276 g/mol. The highest BCUT2D eigenvalue weighted by Crippen LogP contribution is 2.34. The Hall–Kier alpha value is -1.65. The van der Waals surface area contributed by atoms with Crippen LogP contribution in [0.25, 0.3) is 0 Å². The molecule has 2 N–H and O–H groups in total. The second kappa shape index (κ2) is 8.71. The van der Waals surface area contributed by atoms with E-state index in [0.29, 0.717) is 19.5 Å². The van der Waals surface area contributed by atoms with Crippen molar-refractivity contribution in [3.8, 4) is 0 Å². The molecule has 0 radical (unpaired) electrons. The fourth-order valence-corrected chi connectivity index (χ4v) is 3.15. The largest absolute Gasteiger partial charge is 0.396 e. The zero-order valence-electron chi connectivity index (χ0n) is 13.1. The summed E-state index contributed by atoms with van der Waals surface area (Å²) in [7, 11) is 0. The molecule has 1 amide bonds. The summed E-state index contributed by atoms with van der Waals surface area (Å²) in [5, 5.41) is 12.0. The lowest BCUT2D eigenvalue weighted by atomic mass is 9.86. The Morgan fingerprint density at radius 3 is 3.05 bits per heavy atom. The predicted molar refractivity (Wildman–Crippen MR) is 88.6 cm³/mol. The van der Waals surface area contributed by atoms with Crippen LogP contribution in [-0.4, -0.2) is 42.2 Å². The highest BCUT2D eigenvalue weighted by Gasteiger charge is 2.26. The number of fused-ring (bicyclic) bond motifs is 1. The average molecular weight is 302 g/mol. The Bertz CT molecular complexity index is 502. The maximum atomic E-state index is 12.1. The molecule has 1 aliphatic rings. The molecule has 0 heterocycles. The fraction of sp³-hybridized carbons (Fsp3) is 0.500. The maximum Gasteiger partial charge on any atom is 0.234 e. The molecule has 0 bridgehead atoms. The first kappa shape index (κ1) is 16.7. The molecule has 1 aromatic carbocycles. The van der Waals surface area contributed by atoms with E-state index in [1.807, 2.05) is 0 Å². The third kappa shape index (κ3) is 4.42. The number of amides is 1. The van der Waals surface area contributed by atoms with Crippen molar-refractivity contribution in [1.29, 1.82) is 0 Å². The fourth-order valence-electron chi connectivity index (χ4n) is 3.15. The summed E-state index contributed by atoms with van der Waals surface area (Å²) < 4.78 is 0. The van der Waals surface area contributed by atoms with Gasteiger partial charge in [-0.05, 0) is 36.8 Å². The molecule has 1 atom stereocenters. The van der Waals surface area contributed by atoms with Gasteiger partial charge in [-0.2, -0.15) is 0 Å². The van der Waals surface area contributed by atoms with Crippen LogP contribution in [0.3, 0.4) is 0 Å². The molecule has 0 spiro atoms. The van der Waals surface area contributed by atoms with Gasteiger partial charge in [0.2, 0.25) is 5.91 Å². The van der Waals surface area contributed by atoms with Gasteiger partial charge in [-0.15, -0.1) is 6.58 Å². The summed E-state index contributed by atoms with van der Waals surface area (Å²) in [5.41, 5.74) is 2.72. The molecule has 1 aliphatic carbocycles. The van der Waals surface area contributed by atoms with Crippen molar-refractivity contribution in [3.05, 3.63) is 48.0 Å². The molecule has 1 unspecified atom stereocenters. The monoisotopic (exact) mass is 302 g/mol. The number of aliphatic hydroxyl groups excluding tert-OH is 1. The SMILES string of the molecule is C=CCNC(=O)CN(CCCO)C1CCCc2ccccc21. The van der Waals surface area contributed by atoms with Crippen LogP contribution in [0.5, 0.6) is 0 Å². The highest BCUT2D eigenvalue weighted by molar-refractivity contribution is 5.78. The average Bonchev–Trinajstić information content (AvgIpc) is 2.56. The maximum absolute atomic E-state index is 12.1. The number of rotatable bonds is 8. The molecular formula is C18H26N2O2. The summed E-state index contributed by atoms with van der Waals surface area (Å²) in [6.07, 6.45) is 5.70. The molecule has 22 heavy (non-hydrogen) atoms. The smallest absolute Gasteiger partial charge is 0.234 e. The normalized spacial score (nSPS) is 17.1. The van der Waals surface area contributed by atoms with Crippen LogP contribution in [0.1, 0.15) is 36.4 Å². The number of carbonyl (C=O) groups excluding carboxylic acids is 1.